The van der Waals surface area contributed by atoms with Gasteiger partial charge < -0.3 is 14.5 Å². The van der Waals surface area contributed by atoms with Crippen molar-refractivity contribution in [2.24, 2.45) is 0 Å². The highest BCUT2D eigenvalue weighted by Gasteiger charge is 2.25. The van der Waals surface area contributed by atoms with Crippen LogP contribution in [-0.4, -0.2) is 15.0 Å². The van der Waals surface area contributed by atoms with Gasteiger partial charge in [0.2, 0.25) is 0 Å². The lowest BCUT2D eigenvalue weighted by atomic mass is 10.1. The summed E-state index contributed by atoms with van der Waals surface area (Å²) in [4.78, 5) is 19.2. The summed E-state index contributed by atoms with van der Waals surface area (Å²) in [5.41, 5.74) is 8.94. The van der Waals surface area contributed by atoms with Crippen LogP contribution in [0, 0.1) is 0 Å². The highest BCUT2D eigenvalue weighted by atomic mass is 16.5. The van der Waals surface area contributed by atoms with Crippen molar-refractivity contribution >= 4 is 34.1 Å². The standard InChI is InChI=1S/C45H31N5O/c1-4-14-32(15-5-1)43-46-44(33-16-6-2-7-17-33)48-45(47-43)34-24-26-36(27-25-34)49(35-18-8-3-9-19-35)37-28-30-38(31-29-37)50-39-20-10-12-22-41(39)51-42-23-13-11-21-40(42)50/h1-31H. The summed E-state index contributed by atoms with van der Waals surface area (Å²) in [5, 5.41) is 0. The minimum atomic E-state index is 0.621. The lowest BCUT2D eigenvalue weighted by molar-refractivity contribution is 0.477. The fourth-order valence-corrected chi connectivity index (χ4v) is 6.46. The Balaban J connectivity index is 1.09. The monoisotopic (exact) mass is 657 g/mol. The lowest BCUT2D eigenvalue weighted by Crippen LogP contribution is -2.16. The molecule has 1 aliphatic rings. The predicted octanol–water partition coefficient (Wildman–Crippen LogP) is 11.9. The number of hydrogen-bond acceptors (Lipinski definition) is 6. The number of rotatable bonds is 7. The molecular weight excluding hydrogens is 627 g/mol. The molecule has 0 bridgehead atoms. The first-order valence-electron chi connectivity index (χ1n) is 16.9. The molecule has 1 aliphatic heterocycles. The largest absolute Gasteiger partial charge is 0.453 e. The zero-order valence-electron chi connectivity index (χ0n) is 27.5. The van der Waals surface area contributed by atoms with E-state index in [0.29, 0.717) is 17.5 Å². The average molecular weight is 658 g/mol. The van der Waals surface area contributed by atoms with Crippen LogP contribution in [0.25, 0.3) is 34.2 Å². The molecule has 0 radical (unpaired) electrons. The van der Waals surface area contributed by atoms with Crippen molar-refractivity contribution in [1.29, 1.82) is 0 Å². The Hall–Kier alpha value is -7.05. The van der Waals surface area contributed by atoms with E-state index in [9.17, 15) is 0 Å². The van der Waals surface area contributed by atoms with Gasteiger partial charge in [-0.05, 0) is 84.9 Å². The van der Waals surface area contributed by atoms with E-state index in [0.717, 1.165) is 62.3 Å². The van der Waals surface area contributed by atoms with E-state index >= 15 is 0 Å². The second-order valence-electron chi connectivity index (χ2n) is 12.1. The first-order chi connectivity index (χ1) is 25.3. The molecule has 0 unspecified atom stereocenters. The molecule has 51 heavy (non-hydrogen) atoms. The Morgan fingerprint density at radius 2 is 0.725 bits per heavy atom. The number of benzene rings is 7. The van der Waals surface area contributed by atoms with E-state index in [1.54, 1.807) is 0 Å². The number of ether oxygens (including phenoxy) is 1. The predicted molar refractivity (Wildman–Crippen MR) is 206 cm³/mol. The van der Waals surface area contributed by atoms with E-state index in [1.807, 2.05) is 103 Å². The van der Waals surface area contributed by atoms with Gasteiger partial charge in [-0.1, -0.05) is 103 Å². The number of para-hydroxylation sites is 5. The molecule has 9 rings (SSSR count). The Morgan fingerprint density at radius 3 is 1.22 bits per heavy atom. The van der Waals surface area contributed by atoms with Crippen LogP contribution < -0.4 is 14.5 Å². The van der Waals surface area contributed by atoms with E-state index in [4.69, 9.17) is 19.7 Å². The SMILES string of the molecule is c1ccc(-c2nc(-c3ccccc3)nc(-c3ccc(N(c4ccccc4)c4ccc(N5c6ccccc6Oc6ccccc65)cc4)cc3)n2)cc1. The van der Waals surface area contributed by atoms with Crippen LogP contribution in [0.2, 0.25) is 0 Å². The minimum absolute atomic E-state index is 0.621. The van der Waals surface area contributed by atoms with Gasteiger partial charge in [0.25, 0.3) is 0 Å². The molecule has 0 N–H and O–H groups in total. The van der Waals surface area contributed by atoms with Crippen molar-refractivity contribution in [3.8, 4) is 45.7 Å². The molecule has 0 amide bonds. The number of anilines is 6. The maximum absolute atomic E-state index is 6.24. The van der Waals surface area contributed by atoms with Crippen LogP contribution in [0.1, 0.15) is 0 Å². The van der Waals surface area contributed by atoms with Crippen LogP contribution in [0.4, 0.5) is 34.1 Å². The summed E-state index contributed by atoms with van der Waals surface area (Å²) < 4.78 is 6.24. The molecule has 6 nitrogen and oxygen atoms in total. The van der Waals surface area contributed by atoms with Crippen LogP contribution in [-0.2, 0) is 0 Å². The summed E-state index contributed by atoms with van der Waals surface area (Å²) in [6.07, 6.45) is 0. The fourth-order valence-electron chi connectivity index (χ4n) is 6.46. The van der Waals surface area contributed by atoms with Crippen LogP contribution in [0.3, 0.4) is 0 Å². The quantitative estimate of drug-likeness (QED) is 0.170. The highest BCUT2D eigenvalue weighted by Crippen LogP contribution is 2.50. The zero-order valence-corrected chi connectivity index (χ0v) is 27.5. The summed E-state index contributed by atoms with van der Waals surface area (Å²) in [7, 11) is 0. The molecule has 0 saturated carbocycles. The second-order valence-corrected chi connectivity index (χ2v) is 12.1. The molecule has 0 spiro atoms. The van der Waals surface area contributed by atoms with E-state index in [1.165, 1.54) is 0 Å². The van der Waals surface area contributed by atoms with Crippen molar-refractivity contribution in [2.75, 3.05) is 9.80 Å². The third-order valence-electron chi connectivity index (χ3n) is 8.90. The molecule has 2 heterocycles. The van der Waals surface area contributed by atoms with Gasteiger partial charge in [-0.15, -0.1) is 0 Å². The molecule has 0 aliphatic carbocycles. The number of fused-ring (bicyclic) bond motifs is 2. The molecule has 8 aromatic rings. The van der Waals surface area contributed by atoms with Crippen molar-refractivity contribution in [3.63, 3.8) is 0 Å². The maximum atomic E-state index is 6.24. The Bertz CT molecular complexity index is 2330. The highest BCUT2D eigenvalue weighted by molar-refractivity contribution is 5.87. The molecule has 6 heteroatoms. The Labute approximate surface area is 296 Å². The Morgan fingerprint density at radius 1 is 0.353 bits per heavy atom. The first kappa shape index (κ1) is 30.0. The van der Waals surface area contributed by atoms with E-state index in [-0.39, 0.29) is 0 Å². The van der Waals surface area contributed by atoms with Gasteiger partial charge in [-0.3, -0.25) is 0 Å². The summed E-state index contributed by atoms with van der Waals surface area (Å²) in [6.45, 7) is 0. The molecule has 0 atom stereocenters. The van der Waals surface area contributed by atoms with Gasteiger partial charge in [0.1, 0.15) is 0 Å². The lowest BCUT2D eigenvalue weighted by Gasteiger charge is -2.33. The smallest absolute Gasteiger partial charge is 0.164 e. The van der Waals surface area contributed by atoms with Crippen molar-refractivity contribution < 1.29 is 4.74 Å². The van der Waals surface area contributed by atoms with Crippen molar-refractivity contribution in [1.82, 2.24) is 15.0 Å². The molecule has 1 aromatic heterocycles. The fraction of sp³-hybridized carbons (Fsp3) is 0. The van der Waals surface area contributed by atoms with Crippen LogP contribution >= 0.6 is 0 Å². The maximum Gasteiger partial charge on any atom is 0.164 e. The number of nitrogens with zero attached hydrogens (tertiary/aromatic N) is 5. The normalized spacial score (nSPS) is 11.6. The van der Waals surface area contributed by atoms with Crippen LogP contribution in [0.5, 0.6) is 11.5 Å². The minimum Gasteiger partial charge on any atom is -0.453 e. The number of hydrogen-bond donors (Lipinski definition) is 0. The summed E-state index contributed by atoms with van der Waals surface area (Å²) in [5.74, 6) is 3.56. The first-order valence-corrected chi connectivity index (χ1v) is 16.9. The van der Waals surface area contributed by atoms with Crippen molar-refractivity contribution in [2.45, 2.75) is 0 Å². The molecular formula is C45H31N5O. The van der Waals surface area contributed by atoms with Crippen molar-refractivity contribution in [3.05, 3.63) is 188 Å². The van der Waals surface area contributed by atoms with Gasteiger partial charge in [0.05, 0.1) is 11.4 Å². The third-order valence-corrected chi connectivity index (χ3v) is 8.90. The van der Waals surface area contributed by atoms with Gasteiger partial charge in [0.15, 0.2) is 29.0 Å². The average Bonchev–Trinajstić information content (AvgIpc) is 3.21. The van der Waals surface area contributed by atoms with Crippen LogP contribution in [0.15, 0.2) is 188 Å². The molecule has 7 aromatic carbocycles. The van der Waals surface area contributed by atoms with E-state index < -0.39 is 0 Å². The van der Waals surface area contributed by atoms with Gasteiger partial charge in [-0.2, -0.15) is 0 Å². The van der Waals surface area contributed by atoms with Gasteiger partial charge >= 0.3 is 0 Å². The van der Waals surface area contributed by atoms with Gasteiger partial charge in [0, 0.05) is 39.4 Å². The molecule has 242 valence electrons. The Kier molecular flexibility index (Phi) is 7.72. The topological polar surface area (TPSA) is 54.4 Å². The zero-order chi connectivity index (χ0) is 34.0. The molecule has 0 saturated heterocycles. The van der Waals surface area contributed by atoms with Gasteiger partial charge in [-0.25, -0.2) is 15.0 Å². The summed E-state index contributed by atoms with van der Waals surface area (Å²) in [6, 6.07) is 63.9. The van der Waals surface area contributed by atoms with E-state index in [2.05, 4.69) is 94.7 Å². The molecule has 0 fully saturated rings. The summed E-state index contributed by atoms with van der Waals surface area (Å²) >= 11 is 0. The number of aromatic nitrogens is 3. The second kappa shape index (κ2) is 13.1. The third kappa shape index (κ3) is 5.85.